The molecule has 1 aliphatic carbocycles. The van der Waals surface area contributed by atoms with E-state index in [0.717, 1.165) is 36.6 Å². The molecule has 166 valence electrons. The van der Waals surface area contributed by atoms with Crippen molar-refractivity contribution in [2.75, 3.05) is 24.5 Å². The van der Waals surface area contributed by atoms with Gasteiger partial charge in [-0.05, 0) is 47.8 Å². The first-order valence-electron chi connectivity index (χ1n) is 11.5. The van der Waals surface area contributed by atoms with Crippen molar-refractivity contribution in [1.82, 2.24) is 14.9 Å². The molecule has 5 rings (SSSR count). The Kier molecular flexibility index (Phi) is 5.95. The van der Waals surface area contributed by atoms with Crippen LogP contribution < -0.4 is 4.90 Å². The number of nitrogens with one attached hydrogen (secondary N) is 1. The first-order chi connectivity index (χ1) is 15.7. The Labute approximate surface area is 188 Å². The SMILES string of the molecule is O=C(O)N(CC1C2CCC1CN(Cc1ccccc1)C2)c1ccccc1Cc1cnc[nH]1. The van der Waals surface area contributed by atoms with Gasteiger partial charge >= 0.3 is 6.09 Å². The number of imidazole rings is 1. The normalized spacial score (nSPS) is 22.7. The van der Waals surface area contributed by atoms with Gasteiger partial charge in [0, 0.05) is 44.5 Å². The smallest absolute Gasteiger partial charge is 0.411 e. The second-order valence-electron chi connectivity index (χ2n) is 9.22. The number of aromatic amines is 1. The molecule has 2 fully saturated rings. The van der Waals surface area contributed by atoms with Crippen LogP contribution in [0, 0.1) is 17.8 Å². The summed E-state index contributed by atoms with van der Waals surface area (Å²) in [6.07, 6.45) is 5.63. The Morgan fingerprint density at radius 3 is 2.47 bits per heavy atom. The molecule has 1 amide bonds. The second kappa shape index (κ2) is 9.17. The summed E-state index contributed by atoms with van der Waals surface area (Å²) in [5.74, 6) is 1.52. The van der Waals surface area contributed by atoms with E-state index >= 15 is 0 Å². The lowest BCUT2D eigenvalue weighted by atomic mass is 9.84. The van der Waals surface area contributed by atoms with Crippen molar-refractivity contribution in [3.8, 4) is 0 Å². The highest BCUT2D eigenvalue weighted by Gasteiger charge is 2.43. The quantitative estimate of drug-likeness (QED) is 0.573. The molecule has 32 heavy (non-hydrogen) atoms. The first kappa shape index (κ1) is 20.8. The minimum Gasteiger partial charge on any atom is -0.465 e. The number of likely N-dealkylation sites (tertiary alicyclic amines) is 1. The third-order valence-electron chi connectivity index (χ3n) is 7.20. The van der Waals surface area contributed by atoms with Crippen LogP contribution in [0.3, 0.4) is 0 Å². The monoisotopic (exact) mass is 430 g/mol. The van der Waals surface area contributed by atoms with Crippen LogP contribution in [0.4, 0.5) is 10.5 Å². The first-order valence-corrected chi connectivity index (χ1v) is 11.5. The van der Waals surface area contributed by atoms with E-state index in [1.807, 2.05) is 24.3 Å². The minimum absolute atomic E-state index is 0.415. The predicted molar refractivity (Wildman–Crippen MR) is 125 cm³/mol. The van der Waals surface area contributed by atoms with E-state index in [4.69, 9.17) is 0 Å². The van der Waals surface area contributed by atoms with Crippen molar-refractivity contribution in [1.29, 1.82) is 0 Å². The number of carboxylic acid groups (broad SMARTS) is 1. The molecule has 2 heterocycles. The Morgan fingerprint density at radius 2 is 1.78 bits per heavy atom. The number of fused-ring (bicyclic) bond motifs is 2. The molecule has 2 atom stereocenters. The van der Waals surface area contributed by atoms with Crippen molar-refractivity contribution in [3.05, 3.63) is 83.9 Å². The summed E-state index contributed by atoms with van der Waals surface area (Å²) in [5, 5.41) is 10.1. The zero-order valence-corrected chi connectivity index (χ0v) is 18.2. The summed E-state index contributed by atoms with van der Waals surface area (Å²) >= 11 is 0. The van der Waals surface area contributed by atoms with Crippen LogP contribution in [-0.2, 0) is 13.0 Å². The molecular weight excluding hydrogens is 400 g/mol. The number of rotatable bonds is 7. The molecule has 0 radical (unpaired) electrons. The molecule has 6 heteroatoms. The van der Waals surface area contributed by atoms with Crippen LogP contribution in [0.5, 0.6) is 0 Å². The lowest BCUT2D eigenvalue weighted by Crippen LogP contribution is -2.47. The molecule has 1 saturated heterocycles. The van der Waals surface area contributed by atoms with E-state index in [2.05, 4.69) is 45.2 Å². The van der Waals surface area contributed by atoms with Gasteiger partial charge in [-0.15, -0.1) is 0 Å². The van der Waals surface area contributed by atoms with Gasteiger partial charge < -0.3 is 10.1 Å². The number of carbonyl (C=O) groups is 1. The summed E-state index contributed by atoms with van der Waals surface area (Å²) in [4.78, 5) is 23.7. The summed E-state index contributed by atoms with van der Waals surface area (Å²) in [6, 6.07) is 18.5. The van der Waals surface area contributed by atoms with E-state index in [9.17, 15) is 9.90 Å². The molecule has 0 spiro atoms. The van der Waals surface area contributed by atoms with Crippen molar-refractivity contribution in [2.45, 2.75) is 25.8 Å². The van der Waals surface area contributed by atoms with E-state index < -0.39 is 6.09 Å². The number of hydrogen-bond donors (Lipinski definition) is 2. The van der Waals surface area contributed by atoms with Gasteiger partial charge in [0.1, 0.15) is 0 Å². The second-order valence-corrected chi connectivity index (χ2v) is 9.22. The summed E-state index contributed by atoms with van der Waals surface area (Å²) in [7, 11) is 0. The Morgan fingerprint density at radius 1 is 1.06 bits per heavy atom. The molecular formula is C26H30N4O2. The number of piperidine rings is 1. The highest BCUT2D eigenvalue weighted by molar-refractivity contribution is 5.87. The van der Waals surface area contributed by atoms with Gasteiger partial charge in [-0.25, -0.2) is 9.78 Å². The largest absolute Gasteiger partial charge is 0.465 e. The van der Waals surface area contributed by atoms with E-state index in [0.29, 0.717) is 30.7 Å². The van der Waals surface area contributed by atoms with Crippen LogP contribution in [-0.4, -0.2) is 45.7 Å². The lowest BCUT2D eigenvalue weighted by Gasteiger charge is -2.40. The van der Waals surface area contributed by atoms with Crippen molar-refractivity contribution in [3.63, 3.8) is 0 Å². The van der Waals surface area contributed by atoms with Gasteiger partial charge in [0.2, 0.25) is 0 Å². The average molecular weight is 431 g/mol. The van der Waals surface area contributed by atoms with Crippen LogP contribution in [0.2, 0.25) is 0 Å². The molecule has 1 aromatic heterocycles. The number of para-hydroxylation sites is 1. The van der Waals surface area contributed by atoms with Crippen molar-refractivity contribution < 1.29 is 9.90 Å². The van der Waals surface area contributed by atoms with Crippen LogP contribution in [0.15, 0.2) is 67.1 Å². The van der Waals surface area contributed by atoms with E-state index in [1.54, 1.807) is 17.4 Å². The van der Waals surface area contributed by atoms with E-state index in [1.165, 1.54) is 18.4 Å². The Bertz CT molecular complexity index is 1020. The highest BCUT2D eigenvalue weighted by atomic mass is 16.4. The number of nitrogens with zero attached hydrogens (tertiary/aromatic N) is 3. The van der Waals surface area contributed by atoms with Gasteiger partial charge in [-0.1, -0.05) is 48.5 Å². The number of anilines is 1. The van der Waals surface area contributed by atoms with E-state index in [-0.39, 0.29) is 0 Å². The Balaban J connectivity index is 1.31. The number of amides is 1. The third kappa shape index (κ3) is 4.41. The van der Waals surface area contributed by atoms with Crippen LogP contribution in [0.25, 0.3) is 0 Å². The molecule has 2 N–H and O–H groups in total. The van der Waals surface area contributed by atoms with Gasteiger partial charge in [-0.3, -0.25) is 9.80 Å². The number of H-pyrrole nitrogens is 1. The standard InChI is InChI=1S/C26H30N4O2/c31-26(32)30(25-9-5-4-8-20(25)12-23-13-27-18-28-23)17-24-21-10-11-22(24)16-29(15-21)14-19-6-2-1-3-7-19/h1-9,13,18,21-22,24H,10-12,14-17H2,(H,27,28)(H,31,32). The zero-order chi connectivity index (χ0) is 21.9. The van der Waals surface area contributed by atoms with Crippen molar-refractivity contribution in [2.24, 2.45) is 17.8 Å². The molecule has 6 nitrogen and oxygen atoms in total. The summed E-state index contributed by atoms with van der Waals surface area (Å²) in [5.41, 5.74) is 4.14. The molecule has 2 aromatic carbocycles. The molecule has 1 aliphatic heterocycles. The van der Waals surface area contributed by atoms with Crippen molar-refractivity contribution >= 4 is 11.8 Å². The lowest BCUT2D eigenvalue weighted by molar-refractivity contribution is 0.105. The van der Waals surface area contributed by atoms with Gasteiger partial charge in [0.15, 0.2) is 0 Å². The fourth-order valence-corrected chi connectivity index (χ4v) is 5.70. The Hall–Kier alpha value is -3.12. The average Bonchev–Trinajstić information content (AvgIpc) is 3.38. The maximum absolute atomic E-state index is 12.4. The fraction of sp³-hybridized carbons (Fsp3) is 0.385. The maximum Gasteiger partial charge on any atom is 0.411 e. The molecule has 2 bridgehead atoms. The van der Waals surface area contributed by atoms with Crippen LogP contribution in [0.1, 0.15) is 29.7 Å². The third-order valence-corrected chi connectivity index (χ3v) is 7.20. The minimum atomic E-state index is -0.867. The predicted octanol–water partition coefficient (Wildman–Crippen LogP) is 4.64. The number of aromatic nitrogens is 2. The van der Waals surface area contributed by atoms with Crippen LogP contribution >= 0.6 is 0 Å². The molecule has 1 saturated carbocycles. The highest BCUT2D eigenvalue weighted by Crippen LogP contribution is 2.43. The van der Waals surface area contributed by atoms with Gasteiger partial charge in [0.25, 0.3) is 0 Å². The number of hydrogen-bond acceptors (Lipinski definition) is 3. The van der Waals surface area contributed by atoms with Gasteiger partial charge in [-0.2, -0.15) is 0 Å². The zero-order valence-electron chi connectivity index (χ0n) is 18.2. The molecule has 2 unspecified atom stereocenters. The maximum atomic E-state index is 12.4. The molecule has 2 aliphatic rings. The summed E-state index contributed by atoms with van der Waals surface area (Å²) in [6.45, 7) is 3.67. The molecule has 3 aromatic rings. The van der Waals surface area contributed by atoms with Gasteiger partial charge in [0.05, 0.1) is 12.0 Å². The summed E-state index contributed by atoms with van der Waals surface area (Å²) < 4.78 is 0. The fourth-order valence-electron chi connectivity index (χ4n) is 5.70. The topological polar surface area (TPSA) is 72.5 Å². The number of benzene rings is 2.